The van der Waals surface area contributed by atoms with Crippen LogP contribution in [0, 0.1) is 0 Å². The largest absolute Gasteiger partial charge is 0.388 e. The van der Waals surface area contributed by atoms with Gasteiger partial charge in [-0.05, 0) is 42.5 Å². The SMILES string of the molecule is O=C(/C=C/c1cccc(/C=C/C(=O)N2CCN(c3ccccc3Cl)CC2)n1)CO. The van der Waals surface area contributed by atoms with Crippen LogP contribution in [0.25, 0.3) is 12.2 Å². The lowest BCUT2D eigenvalue weighted by Crippen LogP contribution is -2.48. The number of piperazine rings is 1. The van der Waals surface area contributed by atoms with Crippen LogP contribution >= 0.6 is 11.6 Å². The molecular formula is C22H22ClN3O3. The number of benzene rings is 1. The van der Waals surface area contributed by atoms with E-state index in [1.54, 1.807) is 29.2 Å². The Hall–Kier alpha value is -2.96. The van der Waals surface area contributed by atoms with E-state index in [2.05, 4.69) is 9.88 Å². The van der Waals surface area contributed by atoms with Gasteiger partial charge in [-0.15, -0.1) is 0 Å². The molecular weight excluding hydrogens is 390 g/mol. The van der Waals surface area contributed by atoms with Gasteiger partial charge in [-0.3, -0.25) is 9.59 Å². The molecule has 0 unspecified atom stereocenters. The Kier molecular flexibility index (Phi) is 7.16. The zero-order valence-corrected chi connectivity index (χ0v) is 16.6. The first-order valence-corrected chi connectivity index (χ1v) is 9.70. The molecule has 1 fully saturated rings. The standard InChI is InChI=1S/C22H22ClN3O3/c23-20-6-1-2-7-21(20)25-12-14-26(15-13-25)22(29)11-9-18-5-3-4-17(24-18)8-10-19(28)16-27/h1-11,27H,12-16H2/b10-8+,11-9+. The number of pyridine rings is 1. The first-order valence-electron chi connectivity index (χ1n) is 9.32. The molecule has 1 aromatic heterocycles. The number of carbonyl (C=O) groups is 2. The Labute approximate surface area is 174 Å². The molecule has 1 aliphatic rings. The van der Waals surface area contributed by atoms with Crippen LogP contribution in [0.4, 0.5) is 5.69 Å². The summed E-state index contributed by atoms with van der Waals surface area (Å²) in [5, 5.41) is 9.46. The highest BCUT2D eigenvalue weighted by Crippen LogP contribution is 2.26. The van der Waals surface area contributed by atoms with E-state index in [1.165, 1.54) is 18.2 Å². The molecule has 1 saturated heterocycles. The summed E-state index contributed by atoms with van der Waals surface area (Å²) < 4.78 is 0. The third kappa shape index (κ3) is 5.76. The number of aliphatic hydroxyl groups is 1. The zero-order chi connectivity index (χ0) is 20.6. The van der Waals surface area contributed by atoms with Crippen molar-refractivity contribution < 1.29 is 14.7 Å². The van der Waals surface area contributed by atoms with Crippen molar-refractivity contribution in [1.82, 2.24) is 9.88 Å². The van der Waals surface area contributed by atoms with E-state index in [4.69, 9.17) is 16.7 Å². The van der Waals surface area contributed by atoms with Crippen LogP contribution in [0.3, 0.4) is 0 Å². The van der Waals surface area contributed by atoms with E-state index in [-0.39, 0.29) is 11.7 Å². The first kappa shape index (κ1) is 20.8. The predicted molar refractivity (Wildman–Crippen MR) is 115 cm³/mol. The van der Waals surface area contributed by atoms with E-state index >= 15 is 0 Å². The second-order valence-corrected chi connectivity index (χ2v) is 6.95. The Balaban J connectivity index is 1.57. The van der Waals surface area contributed by atoms with Crippen molar-refractivity contribution in [3.05, 3.63) is 71.0 Å². The van der Waals surface area contributed by atoms with Gasteiger partial charge in [0.15, 0.2) is 5.78 Å². The van der Waals surface area contributed by atoms with Crippen LogP contribution in [0.15, 0.2) is 54.6 Å². The maximum absolute atomic E-state index is 12.5. The average molecular weight is 412 g/mol. The Morgan fingerprint density at radius 2 is 1.62 bits per heavy atom. The Morgan fingerprint density at radius 3 is 2.28 bits per heavy atom. The van der Waals surface area contributed by atoms with Gasteiger partial charge in [0.1, 0.15) is 6.61 Å². The molecule has 0 bridgehead atoms. The fourth-order valence-electron chi connectivity index (χ4n) is 3.02. The summed E-state index contributed by atoms with van der Waals surface area (Å²) in [6, 6.07) is 13.0. The van der Waals surface area contributed by atoms with Crippen molar-refractivity contribution in [3.8, 4) is 0 Å². The summed E-state index contributed by atoms with van der Waals surface area (Å²) in [5.74, 6) is -0.458. The number of aliphatic hydroxyl groups excluding tert-OH is 1. The molecule has 0 saturated carbocycles. The number of para-hydroxylation sites is 1. The number of anilines is 1. The minimum atomic E-state index is -0.533. The highest BCUT2D eigenvalue weighted by Gasteiger charge is 2.20. The lowest BCUT2D eigenvalue weighted by molar-refractivity contribution is -0.126. The fourth-order valence-corrected chi connectivity index (χ4v) is 3.28. The van der Waals surface area contributed by atoms with Crippen molar-refractivity contribution in [1.29, 1.82) is 0 Å². The van der Waals surface area contributed by atoms with Gasteiger partial charge < -0.3 is 14.9 Å². The molecule has 0 aliphatic carbocycles. The second kappa shape index (κ2) is 10.0. The maximum Gasteiger partial charge on any atom is 0.246 e. The highest BCUT2D eigenvalue weighted by atomic mass is 35.5. The molecule has 7 heteroatoms. The number of hydrogen-bond acceptors (Lipinski definition) is 5. The van der Waals surface area contributed by atoms with Crippen LogP contribution in [0.2, 0.25) is 5.02 Å². The molecule has 0 atom stereocenters. The summed E-state index contributed by atoms with van der Waals surface area (Å²) in [7, 11) is 0. The van der Waals surface area contributed by atoms with Gasteiger partial charge in [-0.1, -0.05) is 29.8 Å². The molecule has 1 aromatic carbocycles. The predicted octanol–water partition coefficient (Wildman–Crippen LogP) is 2.67. The van der Waals surface area contributed by atoms with Crippen molar-refractivity contribution in [2.75, 3.05) is 37.7 Å². The Morgan fingerprint density at radius 1 is 0.966 bits per heavy atom. The first-order chi connectivity index (χ1) is 14.1. The van der Waals surface area contributed by atoms with E-state index < -0.39 is 6.61 Å². The average Bonchev–Trinajstić information content (AvgIpc) is 2.76. The molecule has 2 heterocycles. The minimum Gasteiger partial charge on any atom is -0.388 e. The third-order valence-corrected chi connectivity index (χ3v) is 4.89. The van der Waals surface area contributed by atoms with Crippen molar-refractivity contribution >= 4 is 41.1 Å². The van der Waals surface area contributed by atoms with Crippen molar-refractivity contribution in [2.24, 2.45) is 0 Å². The molecule has 3 rings (SSSR count). The number of halogens is 1. The summed E-state index contributed by atoms with van der Waals surface area (Å²) in [5.41, 5.74) is 2.19. The van der Waals surface area contributed by atoms with Crippen LogP contribution in [0.5, 0.6) is 0 Å². The van der Waals surface area contributed by atoms with Crippen LogP contribution < -0.4 is 4.90 Å². The summed E-state index contributed by atoms with van der Waals surface area (Å²) in [6.45, 7) is 2.15. The molecule has 2 aromatic rings. The van der Waals surface area contributed by atoms with Gasteiger partial charge in [-0.25, -0.2) is 4.98 Å². The van der Waals surface area contributed by atoms with E-state index in [0.717, 1.165) is 18.8 Å². The maximum atomic E-state index is 12.5. The van der Waals surface area contributed by atoms with Gasteiger partial charge in [0.05, 0.1) is 22.1 Å². The lowest BCUT2D eigenvalue weighted by atomic mass is 10.2. The highest BCUT2D eigenvalue weighted by molar-refractivity contribution is 6.33. The smallest absolute Gasteiger partial charge is 0.246 e. The van der Waals surface area contributed by atoms with E-state index in [0.29, 0.717) is 29.5 Å². The molecule has 1 amide bonds. The topological polar surface area (TPSA) is 73.7 Å². The molecule has 1 aliphatic heterocycles. The number of amides is 1. The van der Waals surface area contributed by atoms with Gasteiger partial charge in [0.2, 0.25) is 5.91 Å². The number of carbonyl (C=O) groups excluding carboxylic acids is 2. The molecule has 0 spiro atoms. The molecule has 0 radical (unpaired) electrons. The minimum absolute atomic E-state index is 0.0676. The molecule has 1 N–H and O–H groups in total. The van der Waals surface area contributed by atoms with Crippen LogP contribution in [0.1, 0.15) is 11.4 Å². The normalized spacial score (nSPS) is 14.7. The van der Waals surface area contributed by atoms with E-state index in [1.807, 2.05) is 24.3 Å². The van der Waals surface area contributed by atoms with Crippen molar-refractivity contribution in [2.45, 2.75) is 0 Å². The zero-order valence-electron chi connectivity index (χ0n) is 15.9. The Bertz CT molecular complexity index is 934. The lowest BCUT2D eigenvalue weighted by Gasteiger charge is -2.36. The number of aromatic nitrogens is 1. The number of rotatable bonds is 6. The summed E-state index contributed by atoms with van der Waals surface area (Å²) in [6.07, 6.45) is 5.99. The second-order valence-electron chi connectivity index (χ2n) is 6.54. The van der Waals surface area contributed by atoms with Crippen LogP contribution in [-0.2, 0) is 9.59 Å². The van der Waals surface area contributed by atoms with Gasteiger partial charge in [0, 0.05) is 32.3 Å². The van der Waals surface area contributed by atoms with Gasteiger partial charge >= 0.3 is 0 Å². The number of hydrogen-bond donors (Lipinski definition) is 1. The fraction of sp³-hybridized carbons (Fsp3) is 0.227. The summed E-state index contributed by atoms with van der Waals surface area (Å²) >= 11 is 6.26. The molecule has 150 valence electrons. The van der Waals surface area contributed by atoms with Crippen LogP contribution in [-0.4, -0.2) is 59.5 Å². The van der Waals surface area contributed by atoms with Gasteiger partial charge in [-0.2, -0.15) is 0 Å². The molecule has 6 nitrogen and oxygen atoms in total. The van der Waals surface area contributed by atoms with Gasteiger partial charge in [0.25, 0.3) is 0 Å². The number of ketones is 1. The third-order valence-electron chi connectivity index (χ3n) is 4.57. The quantitative estimate of drug-likeness (QED) is 0.740. The number of nitrogens with zero attached hydrogens (tertiary/aromatic N) is 3. The molecule has 29 heavy (non-hydrogen) atoms. The van der Waals surface area contributed by atoms with E-state index in [9.17, 15) is 9.59 Å². The monoisotopic (exact) mass is 411 g/mol. The summed E-state index contributed by atoms with van der Waals surface area (Å²) in [4.78, 5) is 32.0. The van der Waals surface area contributed by atoms with Crippen molar-refractivity contribution in [3.63, 3.8) is 0 Å².